The molecule has 0 saturated carbocycles. The molecule has 1 unspecified atom stereocenters. The van der Waals surface area contributed by atoms with E-state index in [0.717, 1.165) is 5.57 Å². The predicted molar refractivity (Wildman–Crippen MR) is 121 cm³/mol. The first-order chi connectivity index (χ1) is 15.9. The van der Waals surface area contributed by atoms with E-state index in [9.17, 15) is 31.1 Å². The van der Waals surface area contributed by atoms with Crippen molar-refractivity contribution in [1.29, 1.82) is 0 Å². The summed E-state index contributed by atoms with van der Waals surface area (Å²) < 4.78 is 82.6. The molecule has 0 spiro atoms. The fourth-order valence-corrected chi connectivity index (χ4v) is 3.66. The summed E-state index contributed by atoms with van der Waals surface area (Å²) in [5, 5.41) is 2.75. The summed E-state index contributed by atoms with van der Waals surface area (Å²) >= 11 is 0. The number of allylic oxidation sites excluding steroid dienone is 9. The molecule has 1 aliphatic rings. The molecule has 0 aromatic heterocycles. The van der Waals surface area contributed by atoms with Crippen LogP contribution < -0.4 is 5.32 Å². The number of ether oxygens (including phenoxy) is 1. The summed E-state index contributed by atoms with van der Waals surface area (Å²) in [7, 11) is 0. The summed E-state index contributed by atoms with van der Waals surface area (Å²) in [6.45, 7) is 4.07. The standard InChI is InChI=1S/C25H31F6NO2/c1-5-9-19(34-16-25(29,30)31)10-7-8-11-20-18(6-2)15-32-23(33)24(20,4)14-17(3)22(28)21(27)12-13-26/h5-6,9-12H,7-8,13-16H2,1-4H3,(H,32,33)/b9-5-,18-6-,19-10+,20-11+,21-12+,22-17-. The Labute approximate surface area is 196 Å². The van der Waals surface area contributed by atoms with Crippen LogP contribution in [-0.2, 0) is 9.53 Å². The van der Waals surface area contributed by atoms with Gasteiger partial charge in [0.1, 0.15) is 12.4 Å². The molecule has 34 heavy (non-hydrogen) atoms. The van der Waals surface area contributed by atoms with E-state index in [1.54, 1.807) is 39.0 Å². The number of nitrogens with one attached hydrogen (secondary N) is 1. The number of carbonyl (C=O) groups is 1. The summed E-state index contributed by atoms with van der Waals surface area (Å²) in [5.41, 5.74) is 0.151. The highest BCUT2D eigenvalue weighted by Crippen LogP contribution is 2.42. The highest BCUT2D eigenvalue weighted by Gasteiger charge is 2.42. The molecule has 1 saturated heterocycles. The number of hydrogen-bond donors (Lipinski definition) is 1. The zero-order valence-electron chi connectivity index (χ0n) is 19.8. The van der Waals surface area contributed by atoms with Crippen molar-refractivity contribution in [3.8, 4) is 0 Å². The van der Waals surface area contributed by atoms with Crippen LogP contribution in [0.25, 0.3) is 0 Å². The van der Waals surface area contributed by atoms with Gasteiger partial charge in [-0.05, 0) is 81.9 Å². The minimum absolute atomic E-state index is 0.0427. The minimum atomic E-state index is -4.46. The molecule has 1 fully saturated rings. The van der Waals surface area contributed by atoms with Crippen LogP contribution in [0.5, 0.6) is 0 Å². The Bertz CT molecular complexity index is 909. The lowest BCUT2D eigenvalue weighted by molar-refractivity contribution is -0.163. The molecule has 0 bridgehead atoms. The quantitative estimate of drug-likeness (QED) is 0.151. The van der Waals surface area contributed by atoms with Crippen LogP contribution in [0.4, 0.5) is 26.3 Å². The molecule has 3 nitrogen and oxygen atoms in total. The zero-order chi connectivity index (χ0) is 25.9. The van der Waals surface area contributed by atoms with Crippen molar-refractivity contribution < 1.29 is 35.9 Å². The second kappa shape index (κ2) is 13.2. The minimum Gasteiger partial charge on any atom is -0.484 e. The lowest BCUT2D eigenvalue weighted by Crippen LogP contribution is -2.47. The fourth-order valence-electron chi connectivity index (χ4n) is 3.66. The number of piperidine rings is 1. The smallest absolute Gasteiger partial charge is 0.422 e. The largest absolute Gasteiger partial charge is 0.484 e. The first kappa shape index (κ1) is 29.3. The van der Waals surface area contributed by atoms with Crippen LogP contribution in [0, 0.1) is 5.41 Å². The fraction of sp³-hybridized carbons (Fsp3) is 0.480. The van der Waals surface area contributed by atoms with Crippen molar-refractivity contribution in [3.63, 3.8) is 0 Å². The van der Waals surface area contributed by atoms with Crippen molar-refractivity contribution in [3.05, 3.63) is 70.6 Å². The first-order valence-electron chi connectivity index (χ1n) is 10.8. The Hall–Kier alpha value is -2.71. The highest BCUT2D eigenvalue weighted by molar-refractivity contribution is 5.89. The Morgan fingerprint density at radius 3 is 2.41 bits per heavy atom. The van der Waals surface area contributed by atoms with Gasteiger partial charge in [-0.1, -0.05) is 18.2 Å². The van der Waals surface area contributed by atoms with Gasteiger partial charge in [-0.2, -0.15) is 13.2 Å². The van der Waals surface area contributed by atoms with E-state index in [1.807, 2.05) is 0 Å². The van der Waals surface area contributed by atoms with Crippen LogP contribution in [0.2, 0.25) is 0 Å². The van der Waals surface area contributed by atoms with Gasteiger partial charge in [0.25, 0.3) is 0 Å². The predicted octanol–water partition coefficient (Wildman–Crippen LogP) is 7.27. The Balaban J connectivity index is 3.20. The number of hydrogen-bond acceptors (Lipinski definition) is 2. The molecule has 1 rings (SSSR count). The van der Waals surface area contributed by atoms with Gasteiger partial charge >= 0.3 is 6.18 Å². The van der Waals surface area contributed by atoms with Gasteiger partial charge < -0.3 is 10.1 Å². The number of amides is 1. The molecule has 1 aliphatic heterocycles. The molecule has 1 N–H and O–H groups in total. The number of carbonyl (C=O) groups excluding carboxylic acids is 1. The van der Waals surface area contributed by atoms with Crippen molar-refractivity contribution >= 4 is 5.91 Å². The second-order valence-electron chi connectivity index (χ2n) is 8.01. The number of halogens is 6. The number of rotatable bonds is 10. The van der Waals surface area contributed by atoms with Gasteiger partial charge in [0.15, 0.2) is 18.3 Å². The maximum absolute atomic E-state index is 14.4. The molecule has 1 atom stereocenters. The maximum Gasteiger partial charge on any atom is 0.422 e. The van der Waals surface area contributed by atoms with Crippen molar-refractivity contribution in [2.75, 3.05) is 19.8 Å². The summed E-state index contributed by atoms with van der Waals surface area (Å²) in [6.07, 6.45) is 4.64. The van der Waals surface area contributed by atoms with Gasteiger partial charge in [0.2, 0.25) is 5.91 Å². The zero-order valence-corrected chi connectivity index (χ0v) is 19.8. The van der Waals surface area contributed by atoms with Gasteiger partial charge in [-0.3, -0.25) is 4.79 Å². The third kappa shape index (κ3) is 8.57. The van der Waals surface area contributed by atoms with E-state index in [1.165, 1.54) is 19.1 Å². The lowest BCUT2D eigenvalue weighted by atomic mass is 9.70. The Morgan fingerprint density at radius 2 is 1.85 bits per heavy atom. The molecule has 9 heteroatoms. The van der Waals surface area contributed by atoms with Crippen LogP contribution in [0.3, 0.4) is 0 Å². The molecule has 0 radical (unpaired) electrons. The van der Waals surface area contributed by atoms with E-state index in [-0.39, 0.29) is 30.2 Å². The van der Waals surface area contributed by atoms with E-state index >= 15 is 0 Å². The molecular weight excluding hydrogens is 460 g/mol. The maximum atomic E-state index is 14.4. The summed E-state index contributed by atoms with van der Waals surface area (Å²) in [4.78, 5) is 12.8. The molecular formula is C25H31F6NO2. The van der Waals surface area contributed by atoms with E-state index < -0.39 is 36.5 Å². The first-order valence-corrected chi connectivity index (χ1v) is 10.8. The monoisotopic (exact) mass is 491 g/mol. The van der Waals surface area contributed by atoms with E-state index in [0.29, 0.717) is 24.5 Å². The average molecular weight is 492 g/mol. The number of unbranched alkanes of at least 4 members (excludes halogenated alkanes) is 1. The third-order valence-corrected chi connectivity index (χ3v) is 5.28. The summed E-state index contributed by atoms with van der Waals surface area (Å²) in [6, 6.07) is 0. The topological polar surface area (TPSA) is 38.3 Å². The molecule has 0 aromatic rings. The molecule has 1 amide bonds. The normalized spacial score (nSPS) is 23.5. The Morgan fingerprint density at radius 1 is 1.18 bits per heavy atom. The number of alkyl halides is 4. The highest BCUT2D eigenvalue weighted by atomic mass is 19.4. The van der Waals surface area contributed by atoms with Crippen molar-refractivity contribution in [1.82, 2.24) is 5.32 Å². The SMILES string of the molecule is C/C=C\C(=C/CC/C=C1\C(=C/C)CNC(=O)C1(C)C/C(C)=C(F)/C(F)=C\CF)OCC(F)(F)F. The van der Waals surface area contributed by atoms with E-state index in [2.05, 4.69) is 5.32 Å². The summed E-state index contributed by atoms with van der Waals surface area (Å²) in [5.74, 6) is -2.83. The van der Waals surface area contributed by atoms with Gasteiger partial charge in [-0.15, -0.1) is 0 Å². The van der Waals surface area contributed by atoms with Gasteiger partial charge in [-0.25, -0.2) is 13.2 Å². The van der Waals surface area contributed by atoms with Crippen LogP contribution in [-0.4, -0.2) is 31.9 Å². The second-order valence-corrected chi connectivity index (χ2v) is 8.01. The third-order valence-electron chi connectivity index (χ3n) is 5.28. The Kier molecular flexibility index (Phi) is 11.4. The van der Waals surface area contributed by atoms with Crippen LogP contribution in [0.1, 0.15) is 47.0 Å². The molecule has 0 aliphatic carbocycles. The van der Waals surface area contributed by atoms with Gasteiger partial charge in [0.05, 0.1) is 5.41 Å². The van der Waals surface area contributed by atoms with Crippen LogP contribution >= 0.6 is 0 Å². The average Bonchev–Trinajstić information content (AvgIpc) is 2.76. The molecule has 190 valence electrons. The van der Waals surface area contributed by atoms with E-state index in [4.69, 9.17) is 4.74 Å². The van der Waals surface area contributed by atoms with Crippen molar-refractivity contribution in [2.45, 2.75) is 53.1 Å². The van der Waals surface area contributed by atoms with Gasteiger partial charge in [0, 0.05) is 6.54 Å². The molecule has 0 aromatic carbocycles. The van der Waals surface area contributed by atoms with Crippen LogP contribution in [0.15, 0.2) is 70.6 Å². The molecule has 1 heterocycles. The van der Waals surface area contributed by atoms with Crippen molar-refractivity contribution in [2.24, 2.45) is 5.41 Å². The lowest BCUT2D eigenvalue weighted by Gasteiger charge is -2.37.